The molecule has 0 bridgehead atoms. The van der Waals surface area contributed by atoms with E-state index in [1.54, 1.807) is 24.3 Å². The van der Waals surface area contributed by atoms with Crippen molar-refractivity contribution in [2.45, 2.75) is 19.4 Å². The van der Waals surface area contributed by atoms with Crippen molar-refractivity contribution in [2.24, 2.45) is 5.73 Å². The lowest BCUT2D eigenvalue weighted by molar-refractivity contribution is -0.117. The maximum atomic E-state index is 11.8. The Bertz CT molecular complexity index is 567. The van der Waals surface area contributed by atoms with E-state index in [1.165, 1.54) is 11.3 Å². The predicted molar refractivity (Wildman–Crippen MR) is 73.1 cm³/mol. The minimum Gasteiger partial charge on any atom is -0.508 e. The quantitative estimate of drug-likeness (QED) is 0.776. The van der Waals surface area contributed by atoms with E-state index in [0.29, 0.717) is 11.6 Å². The Kier molecular flexibility index (Phi) is 4.08. The molecule has 1 heterocycles. The molecule has 2 aromatic rings. The number of phenolic OH excluding ortho intramolecular Hbond substituents is 1. The Morgan fingerprint density at radius 2 is 2.11 bits per heavy atom. The van der Waals surface area contributed by atoms with E-state index in [4.69, 9.17) is 5.73 Å². The van der Waals surface area contributed by atoms with Crippen LogP contribution in [0.4, 0.5) is 5.13 Å². The van der Waals surface area contributed by atoms with E-state index < -0.39 is 6.04 Å². The lowest BCUT2D eigenvalue weighted by atomic mass is 10.1. The van der Waals surface area contributed by atoms with Crippen LogP contribution in [0.5, 0.6) is 5.75 Å². The number of carbonyl (C=O) groups excluding carboxylic acids is 1. The number of hydrogen-bond donors (Lipinski definition) is 3. The van der Waals surface area contributed by atoms with Crippen LogP contribution >= 0.6 is 11.3 Å². The number of rotatable bonds is 4. The lowest BCUT2D eigenvalue weighted by Crippen LogP contribution is -2.37. The summed E-state index contributed by atoms with van der Waals surface area (Å²) in [7, 11) is 0. The van der Waals surface area contributed by atoms with Gasteiger partial charge in [0.05, 0.1) is 6.04 Å². The van der Waals surface area contributed by atoms with Crippen molar-refractivity contribution in [3.05, 3.63) is 34.8 Å². The van der Waals surface area contributed by atoms with Crippen LogP contribution in [0.2, 0.25) is 0 Å². The van der Waals surface area contributed by atoms with Gasteiger partial charge in [0.1, 0.15) is 10.8 Å². The zero-order valence-corrected chi connectivity index (χ0v) is 11.1. The number of carbonyl (C=O) groups is 1. The summed E-state index contributed by atoms with van der Waals surface area (Å²) < 4.78 is 0. The summed E-state index contributed by atoms with van der Waals surface area (Å²) in [4.78, 5) is 11.8. The first-order valence-corrected chi connectivity index (χ1v) is 6.50. The lowest BCUT2D eigenvalue weighted by Gasteiger charge is -2.10. The Hall–Kier alpha value is -1.99. The number of nitrogens with zero attached hydrogens (tertiary/aromatic N) is 2. The number of benzene rings is 1. The smallest absolute Gasteiger partial charge is 0.243 e. The van der Waals surface area contributed by atoms with Gasteiger partial charge >= 0.3 is 0 Å². The molecule has 0 fully saturated rings. The first-order valence-electron chi connectivity index (χ1n) is 5.69. The molecular weight excluding hydrogens is 264 g/mol. The van der Waals surface area contributed by atoms with Crippen molar-refractivity contribution in [1.82, 2.24) is 10.2 Å². The van der Waals surface area contributed by atoms with Gasteiger partial charge in [-0.05, 0) is 31.0 Å². The summed E-state index contributed by atoms with van der Waals surface area (Å²) in [6.45, 7) is 1.81. The molecule has 2 rings (SSSR count). The molecule has 7 heteroatoms. The Balaban J connectivity index is 1.94. The highest BCUT2D eigenvalue weighted by molar-refractivity contribution is 7.15. The average molecular weight is 278 g/mol. The van der Waals surface area contributed by atoms with E-state index in [9.17, 15) is 9.90 Å². The molecule has 0 aliphatic heterocycles. The fourth-order valence-corrected chi connectivity index (χ4v) is 2.12. The van der Waals surface area contributed by atoms with Crippen molar-refractivity contribution in [3.63, 3.8) is 0 Å². The number of aromatic nitrogens is 2. The van der Waals surface area contributed by atoms with Gasteiger partial charge < -0.3 is 10.8 Å². The van der Waals surface area contributed by atoms with Crippen LogP contribution in [0.3, 0.4) is 0 Å². The van der Waals surface area contributed by atoms with E-state index in [1.807, 2.05) is 6.92 Å². The molecule has 4 N–H and O–H groups in total. The zero-order valence-electron chi connectivity index (χ0n) is 10.3. The van der Waals surface area contributed by atoms with E-state index in [2.05, 4.69) is 15.5 Å². The van der Waals surface area contributed by atoms with E-state index in [-0.39, 0.29) is 11.7 Å². The topological polar surface area (TPSA) is 101 Å². The van der Waals surface area contributed by atoms with Gasteiger partial charge in [-0.2, -0.15) is 0 Å². The highest BCUT2D eigenvalue weighted by Gasteiger charge is 2.15. The molecule has 6 nitrogen and oxygen atoms in total. The van der Waals surface area contributed by atoms with Crippen LogP contribution in [0, 0.1) is 6.92 Å². The SMILES string of the molecule is Cc1nnc(NC(=O)C(N)Cc2ccc(O)cc2)s1. The molecule has 1 aromatic heterocycles. The Morgan fingerprint density at radius 1 is 1.42 bits per heavy atom. The fraction of sp³-hybridized carbons (Fsp3) is 0.250. The third-order valence-electron chi connectivity index (χ3n) is 2.48. The molecule has 0 aliphatic rings. The summed E-state index contributed by atoms with van der Waals surface area (Å²) in [6.07, 6.45) is 0.393. The molecule has 0 radical (unpaired) electrons. The minimum absolute atomic E-state index is 0.186. The molecule has 1 amide bonds. The largest absolute Gasteiger partial charge is 0.508 e. The highest BCUT2D eigenvalue weighted by Crippen LogP contribution is 2.15. The second kappa shape index (κ2) is 5.77. The number of aromatic hydroxyl groups is 1. The number of nitrogens with one attached hydrogen (secondary N) is 1. The number of aryl methyl sites for hydroxylation is 1. The minimum atomic E-state index is -0.672. The van der Waals surface area contributed by atoms with Gasteiger partial charge in [0.2, 0.25) is 11.0 Å². The second-order valence-electron chi connectivity index (χ2n) is 4.09. The summed E-state index contributed by atoms with van der Waals surface area (Å²) in [5.74, 6) is -0.115. The summed E-state index contributed by atoms with van der Waals surface area (Å²) in [5.41, 5.74) is 6.71. The van der Waals surface area contributed by atoms with Gasteiger partial charge in [0.25, 0.3) is 0 Å². The zero-order chi connectivity index (χ0) is 13.8. The van der Waals surface area contributed by atoms with Crippen LogP contribution in [-0.4, -0.2) is 27.3 Å². The Morgan fingerprint density at radius 3 is 2.68 bits per heavy atom. The highest BCUT2D eigenvalue weighted by atomic mass is 32.1. The molecule has 1 atom stereocenters. The first kappa shape index (κ1) is 13.4. The maximum absolute atomic E-state index is 11.8. The number of anilines is 1. The molecule has 1 unspecified atom stereocenters. The predicted octanol–water partition coefficient (Wildman–Crippen LogP) is 1.06. The van der Waals surface area contributed by atoms with Crippen LogP contribution < -0.4 is 11.1 Å². The van der Waals surface area contributed by atoms with E-state index >= 15 is 0 Å². The molecule has 0 saturated heterocycles. The third-order valence-corrected chi connectivity index (χ3v) is 3.24. The van der Waals surface area contributed by atoms with Crippen molar-refractivity contribution in [2.75, 3.05) is 5.32 Å². The van der Waals surface area contributed by atoms with Crippen molar-refractivity contribution >= 4 is 22.4 Å². The molecular formula is C12H14N4O2S. The molecule has 0 saturated carbocycles. The number of phenols is 1. The fourth-order valence-electron chi connectivity index (χ4n) is 1.52. The first-order chi connectivity index (χ1) is 9.04. The van der Waals surface area contributed by atoms with E-state index in [0.717, 1.165) is 10.6 Å². The molecule has 1 aromatic carbocycles. The van der Waals surface area contributed by atoms with Gasteiger partial charge in [-0.15, -0.1) is 10.2 Å². The van der Waals surface area contributed by atoms with Crippen LogP contribution in [0.25, 0.3) is 0 Å². The van der Waals surface area contributed by atoms with Gasteiger partial charge in [-0.3, -0.25) is 10.1 Å². The molecule has 0 spiro atoms. The van der Waals surface area contributed by atoms with Gasteiger partial charge in [0.15, 0.2) is 0 Å². The van der Waals surface area contributed by atoms with Gasteiger partial charge in [-0.25, -0.2) is 0 Å². The van der Waals surface area contributed by atoms with Crippen LogP contribution in [0.15, 0.2) is 24.3 Å². The number of amides is 1. The van der Waals surface area contributed by atoms with Crippen molar-refractivity contribution in [3.8, 4) is 5.75 Å². The van der Waals surface area contributed by atoms with Gasteiger partial charge in [-0.1, -0.05) is 23.5 Å². The molecule has 19 heavy (non-hydrogen) atoms. The second-order valence-corrected chi connectivity index (χ2v) is 5.27. The monoisotopic (exact) mass is 278 g/mol. The Labute approximate surface area is 114 Å². The number of nitrogens with two attached hydrogens (primary N) is 1. The normalized spacial score (nSPS) is 12.1. The third kappa shape index (κ3) is 3.73. The number of hydrogen-bond acceptors (Lipinski definition) is 6. The van der Waals surface area contributed by atoms with Crippen LogP contribution in [0.1, 0.15) is 10.6 Å². The standard InChI is InChI=1S/C12H14N4O2S/c1-7-15-16-12(19-7)14-11(18)10(13)6-8-2-4-9(17)5-3-8/h2-5,10,17H,6,13H2,1H3,(H,14,16,18). The molecule has 0 aliphatic carbocycles. The summed E-state index contributed by atoms with van der Waals surface area (Å²) in [6, 6.07) is 5.92. The maximum Gasteiger partial charge on any atom is 0.243 e. The summed E-state index contributed by atoms with van der Waals surface area (Å²) >= 11 is 1.30. The molecule has 100 valence electrons. The van der Waals surface area contributed by atoms with Crippen molar-refractivity contribution < 1.29 is 9.90 Å². The average Bonchev–Trinajstić information content (AvgIpc) is 2.77. The van der Waals surface area contributed by atoms with Crippen LogP contribution in [-0.2, 0) is 11.2 Å². The van der Waals surface area contributed by atoms with Crippen molar-refractivity contribution in [1.29, 1.82) is 0 Å². The summed E-state index contributed by atoms with van der Waals surface area (Å²) in [5, 5.41) is 20.6. The van der Waals surface area contributed by atoms with Gasteiger partial charge in [0, 0.05) is 0 Å².